The summed E-state index contributed by atoms with van der Waals surface area (Å²) in [6.07, 6.45) is 4.86. The fourth-order valence-electron chi connectivity index (χ4n) is 1.68. The van der Waals surface area contributed by atoms with Crippen LogP contribution >= 0.6 is 11.6 Å². The molecule has 0 saturated carbocycles. The van der Waals surface area contributed by atoms with Gasteiger partial charge in [0.2, 0.25) is 0 Å². The summed E-state index contributed by atoms with van der Waals surface area (Å²) in [6, 6.07) is 4.54. The first kappa shape index (κ1) is 11.0. The molecule has 0 aromatic heterocycles. The number of carbonyl (C=O) groups excluding carboxylic acids is 1. The Bertz CT molecular complexity index is 443. The number of phenolic OH excluding ortho intramolecular Hbond substituents is 1. The highest BCUT2D eigenvalue weighted by Gasteiger charge is 2.18. The summed E-state index contributed by atoms with van der Waals surface area (Å²) >= 11 is 5.71. The standard InChI is InChI=1S/C12H12ClNO2/c13-9-4-5-10(11(15)8-9)12(16)14-6-2-1-3-7-14/h1-2,4-5,8,15H,3,6-7H2. The third kappa shape index (κ3) is 2.19. The van der Waals surface area contributed by atoms with E-state index in [0.29, 0.717) is 23.7 Å². The first-order valence-corrected chi connectivity index (χ1v) is 5.49. The van der Waals surface area contributed by atoms with Crippen LogP contribution in [-0.2, 0) is 0 Å². The minimum Gasteiger partial charge on any atom is -0.507 e. The third-order valence-electron chi connectivity index (χ3n) is 2.54. The van der Waals surface area contributed by atoms with Gasteiger partial charge in [0.1, 0.15) is 5.75 Å². The van der Waals surface area contributed by atoms with E-state index in [0.717, 1.165) is 6.42 Å². The molecule has 0 atom stereocenters. The van der Waals surface area contributed by atoms with Crippen LogP contribution in [0.4, 0.5) is 0 Å². The van der Waals surface area contributed by atoms with E-state index in [9.17, 15) is 9.90 Å². The van der Waals surface area contributed by atoms with Gasteiger partial charge in [0.25, 0.3) is 5.91 Å². The topological polar surface area (TPSA) is 40.5 Å². The van der Waals surface area contributed by atoms with Gasteiger partial charge in [0, 0.05) is 18.1 Å². The quantitative estimate of drug-likeness (QED) is 0.763. The lowest BCUT2D eigenvalue weighted by Crippen LogP contribution is -2.33. The highest BCUT2D eigenvalue weighted by Crippen LogP contribution is 2.23. The van der Waals surface area contributed by atoms with Crippen molar-refractivity contribution in [3.05, 3.63) is 40.9 Å². The smallest absolute Gasteiger partial charge is 0.257 e. The van der Waals surface area contributed by atoms with Gasteiger partial charge in [-0.25, -0.2) is 0 Å². The average molecular weight is 238 g/mol. The summed E-state index contributed by atoms with van der Waals surface area (Å²) in [6.45, 7) is 1.29. The molecule has 1 amide bonds. The van der Waals surface area contributed by atoms with Crippen molar-refractivity contribution < 1.29 is 9.90 Å². The summed E-state index contributed by atoms with van der Waals surface area (Å²) in [7, 11) is 0. The predicted octanol–water partition coefficient (Wildman–Crippen LogP) is 2.45. The van der Waals surface area contributed by atoms with Crippen molar-refractivity contribution in [3.63, 3.8) is 0 Å². The normalized spacial score (nSPS) is 15.2. The number of hydrogen-bond acceptors (Lipinski definition) is 2. The maximum atomic E-state index is 12.0. The second-order valence-electron chi connectivity index (χ2n) is 3.67. The van der Waals surface area contributed by atoms with Crippen molar-refractivity contribution >= 4 is 17.5 Å². The number of halogens is 1. The van der Waals surface area contributed by atoms with Crippen LogP contribution < -0.4 is 0 Å². The number of carbonyl (C=O) groups is 1. The van der Waals surface area contributed by atoms with Gasteiger partial charge >= 0.3 is 0 Å². The van der Waals surface area contributed by atoms with Crippen molar-refractivity contribution in [3.8, 4) is 5.75 Å². The van der Waals surface area contributed by atoms with Crippen molar-refractivity contribution in [2.75, 3.05) is 13.1 Å². The summed E-state index contributed by atoms with van der Waals surface area (Å²) in [4.78, 5) is 13.7. The van der Waals surface area contributed by atoms with E-state index in [1.165, 1.54) is 6.07 Å². The number of phenols is 1. The zero-order valence-corrected chi connectivity index (χ0v) is 9.44. The van der Waals surface area contributed by atoms with Crippen LogP contribution in [0.5, 0.6) is 5.75 Å². The van der Waals surface area contributed by atoms with Gasteiger partial charge in [0.15, 0.2) is 0 Å². The summed E-state index contributed by atoms with van der Waals surface area (Å²) in [5, 5.41) is 10.1. The summed E-state index contributed by atoms with van der Waals surface area (Å²) < 4.78 is 0. The Kier molecular flexibility index (Phi) is 3.15. The Morgan fingerprint density at radius 3 is 2.81 bits per heavy atom. The Balaban J connectivity index is 2.23. The lowest BCUT2D eigenvalue weighted by atomic mass is 10.1. The van der Waals surface area contributed by atoms with Crippen LogP contribution in [-0.4, -0.2) is 29.0 Å². The zero-order chi connectivity index (χ0) is 11.5. The second-order valence-corrected chi connectivity index (χ2v) is 4.11. The Morgan fingerprint density at radius 1 is 1.38 bits per heavy atom. The molecule has 3 nitrogen and oxygen atoms in total. The maximum Gasteiger partial charge on any atom is 0.257 e. The van der Waals surface area contributed by atoms with Crippen molar-refractivity contribution in [1.82, 2.24) is 4.90 Å². The largest absolute Gasteiger partial charge is 0.507 e. The molecule has 4 heteroatoms. The SMILES string of the molecule is O=C(c1ccc(Cl)cc1O)N1CC=CCC1. The third-order valence-corrected chi connectivity index (χ3v) is 2.77. The molecule has 0 bridgehead atoms. The number of aromatic hydroxyl groups is 1. The number of amides is 1. The molecule has 1 aliphatic rings. The van der Waals surface area contributed by atoms with Crippen molar-refractivity contribution in [1.29, 1.82) is 0 Å². The summed E-state index contributed by atoms with van der Waals surface area (Å²) in [5.74, 6) is -0.217. The van der Waals surface area contributed by atoms with E-state index in [1.54, 1.807) is 17.0 Å². The molecule has 1 aliphatic heterocycles. The van der Waals surface area contributed by atoms with Crippen molar-refractivity contribution in [2.45, 2.75) is 6.42 Å². The molecule has 2 rings (SSSR count). The minimum absolute atomic E-state index is 0.0629. The molecule has 0 unspecified atom stereocenters. The van der Waals surface area contributed by atoms with E-state index < -0.39 is 0 Å². The molecule has 1 N–H and O–H groups in total. The predicted molar refractivity (Wildman–Crippen MR) is 62.8 cm³/mol. The van der Waals surface area contributed by atoms with Gasteiger partial charge in [0.05, 0.1) is 5.56 Å². The molecule has 0 saturated heterocycles. The van der Waals surface area contributed by atoms with Crippen LogP contribution in [0.25, 0.3) is 0 Å². The molecule has 0 fully saturated rings. The summed E-state index contributed by atoms with van der Waals surface area (Å²) in [5.41, 5.74) is 0.305. The van der Waals surface area contributed by atoms with Gasteiger partial charge in [-0.1, -0.05) is 23.8 Å². The highest BCUT2D eigenvalue weighted by atomic mass is 35.5. The fraction of sp³-hybridized carbons (Fsp3) is 0.250. The second kappa shape index (κ2) is 4.58. The van der Waals surface area contributed by atoms with E-state index >= 15 is 0 Å². The van der Waals surface area contributed by atoms with Crippen molar-refractivity contribution in [2.24, 2.45) is 0 Å². The Hall–Kier alpha value is -1.48. The lowest BCUT2D eigenvalue weighted by molar-refractivity contribution is 0.0768. The molecule has 1 aromatic carbocycles. The monoisotopic (exact) mass is 237 g/mol. The first-order valence-electron chi connectivity index (χ1n) is 5.11. The van der Waals surface area contributed by atoms with E-state index in [1.807, 2.05) is 12.2 Å². The zero-order valence-electron chi connectivity index (χ0n) is 8.69. The Labute approximate surface area is 98.9 Å². The van der Waals surface area contributed by atoms with Crippen LogP contribution in [0.2, 0.25) is 5.02 Å². The van der Waals surface area contributed by atoms with E-state index in [4.69, 9.17) is 11.6 Å². The molecular formula is C12H12ClNO2. The van der Waals surface area contributed by atoms with Gasteiger partial charge in [-0.3, -0.25) is 4.79 Å². The molecule has 84 valence electrons. The van der Waals surface area contributed by atoms with Gasteiger partial charge in [-0.05, 0) is 24.6 Å². The minimum atomic E-state index is -0.154. The molecule has 0 aliphatic carbocycles. The molecule has 1 aromatic rings. The molecule has 16 heavy (non-hydrogen) atoms. The molecule has 0 radical (unpaired) electrons. The average Bonchev–Trinajstić information content (AvgIpc) is 2.29. The van der Waals surface area contributed by atoms with Crippen LogP contribution in [0, 0.1) is 0 Å². The van der Waals surface area contributed by atoms with Gasteiger partial charge in [-0.15, -0.1) is 0 Å². The number of nitrogens with zero attached hydrogens (tertiary/aromatic N) is 1. The van der Waals surface area contributed by atoms with Crippen LogP contribution in [0.3, 0.4) is 0 Å². The number of hydrogen-bond donors (Lipinski definition) is 1. The maximum absolute atomic E-state index is 12.0. The fourth-order valence-corrected chi connectivity index (χ4v) is 1.85. The molecular weight excluding hydrogens is 226 g/mol. The highest BCUT2D eigenvalue weighted by molar-refractivity contribution is 6.30. The number of benzene rings is 1. The lowest BCUT2D eigenvalue weighted by Gasteiger charge is -2.23. The van der Waals surface area contributed by atoms with Crippen LogP contribution in [0.1, 0.15) is 16.8 Å². The van der Waals surface area contributed by atoms with Crippen LogP contribution in [0.15, 0.2) is 30.4 Å². The number of rotatable bonds is 1. The van der Waals surface area contributed by atoms with Gasteiger partial charge < -0.3 is 10.0 Å². The first-order chi connectivity index (χ1) is 7.68. The van der Waals surface area contributed by atoms with Gasteiger partial charge in [-0.2, -0.15) is 0 Å². The molecule has 0 spiro atoms. The van der Waals surface area contributed by atoms with E-state index in [2.05, 4.69) is 0 Å². The Morgan fingerprint density at radius 2 is 2.19 bits per heavy atom. The van der Waals surface area contributed by atoms with E-state index in [-0.39, 0.29) is 11.7 Å². The molecule has 1 heterocycles.